The highest BCUT2D eigenvalue weighted by atomic mass is 127. The van der Waals surface area contributed by atoms with Gasteiger partial charge in [-0.25, -0.2) is 8.42 Å². The number of hydrogen-bond acceptors (Lipinski definition) is 3. The van der Waals surface area contributed by atoms with Crippen LogP contribution >= 0.6 is 67.8 Å². The number of amides is 1. The predicted molar refractivity (Wildman–Crippen MR) is 100 cm³/mol. The standard InChI is InChI=1S/C10H7F3I3N2O3S/c11-10(12,13)22(20,21)18-2-1-17-9(19)6-3-5(14)4-7(15)8(6)16/h3-4H,1-2H2,(H,17,19)/q-1. The average molecular weight is 673 g/mol. The van der Waals surface area contributed by atoms with E-state index in [0.29, 0.717) is 9.13 Å². The van der Waals surface area contributed by atoms with Crippen molar-refractivity contribution in [1.29, 1.82) is 0 Å². The molecule has 0 saturated carbocycles. The highest BCUT2D eigenvalue weighted by Gasteiger charge is 2.38. The molecule has 1 rings (SSSR count). The number of alkyl halides is 3. The van der Waals surface area contributed by atoms with Crippen molar-refractivity contribution in [3.05, 3.63) is 33.1 Å². The van der Waals surface area contributed by atoms with E-state index < -0.39 is 28.0 Å². The first-order chi connectivity index (χ1) is 9.95. The fourth-order valence-electron chi connectivity index (χ4n) is 1.22. The van der Waals surface area contributed by atoms with Gasteiger partial charge in [-0.05, 0) is 86.5 Å². The Morgan fingerprint density at radius 2 is 1.82 bits per heavy atom. The van der Waals surface area contributed by atoms with Gasteiger partial charge in [0.15, 0.2) is 10.0 Å². The second-order valence-electron chi connectivity index (χ2n) is 3.78. The van der Waals surface area contributed by atoms with Crippen LogP contribution in [-0.4, -0.2) is 32.9 Å². The molecule has 0 heterocycles. The SMILES string of the molecule is O=C(NCC[N-]S(=O)(=O)C(F)(F)F)c1cc(I)cc(I)c1I. The third kappa shape index (κ3) is 5.59. The molecule has 0 spiro atoms. The molecule has 0 aliphatic rings. The molecule has 0 bridgehead atoms. The van der Waals surface area contributed by atoms with Crippen molar-refractivity contribution < 1.29 is 26.4 Å². The van der Waals surface area contributed by atoms with E-state index in [1.54, 1.807) is 6.07 Å². The van der Waals surface area contributed by atoms with Gasteiger partial charge >= 0.3 is 5.51 Å². The Bertz CT molecular complexity index is 680. The summed E-state index contributed by atoms with van der Waals surface area (Å²) in [5.74, 6) is -0.500. The van der Waals surface area contributed by atoms with Crippen LogP contribution in [0.3, 0.4) is 0 Å². The molecule has 1 aromatic rings. The van der Waals surface area contributed by atoms with Crippen LogP contribution in [0.1, 0.15) is 10.4 Å². The molecule has 0 aliphatic carbocycles. The van der Waals surface area contributed by atoms with Gasteiger partial charge in [-0.3, -0.25) is 4.79 Å². The fraction of sp³-hybridized carbons (Fsp3) is 0.300. The molecule has 1 N–H and O–H groups in total. The maximum atomic E-state index is 12.1. The Hall–Kier alpha value is 0.580. The summed E-state index contributed by atoms with van der Waals surface area (Å²) in [6, 6.07) is 3.49. The van der Waals surface area contributed by atoms with Crippen molar-refractivity contribution in [2.24, 2.45) is 0 Å². The van der Waals surface area contributed by atoms with Crippen molar-refractivity contribution in [3.8, 4) is 0 Å². The Kier molecular flexibility index (Phi) is 7.60. The lowest BCUT2D eigenvalue weighted by atomic mass is 10.2. The van der Waals surface area contributed by atoms with Crippen LogP contribution in [0.4, 0.5) is 13.2 Å². The van der Waals surface area contributed by atoms with E-state index >= 15 is 0 Å². The van der Waals surface area contributed by atoms with Crippen molar-refractivity contribution in [3.63, 3.8) is 0 Å². The lowest BCUT2D eigenvalue weighted by molar-refractivity contribution is -0.0427. The number of halogens is 6. The number of benzene rings is 1. The Labute approximate surface area is 165 Å². The van der Waals surface area contributed by atoms with Crippen LogP contribution in [0.2, 0.25) is 0 Å². The summed E-state index contributed by atoms with van der Waals surface area (Å²) < 4.78 is 62.5. The molecular weight excluding hydrogens is 666 g/mol. The smallest absolute Gasteiger partial charge is 0.480 e. The van der Waals surface area contributed by atoms with Crippen LogP contribution in [0.25, 0.3) is 4.72 Å². The van der Waals surface area contributed by atoms with Gasteiger partial charge in [0.25, 0.3) is 5.91 Å². The molecule has 0 radical (unpaired) electrons. The van der Waals surface area contributed by atoms with Gasteiger partial charge in [0, 0.05) is 10.7 Å². The molecule has 124 valence electrons. The van der Waals surface area contributed by atoms with Gasteiger partial charge in [0.2, 0.25) is 0 Å². The van der Waals surface area contributed by atoms with Crippen LogP contribution < -0.4 is 5.32 Å². The molecule has 0 aromatic heterocycles. The van der Waals surface area contributed by atoms with Crippen LogP contribution in [-0.2, 0) is 10.0 Å². The summed E-state index contributed by atoms with van der Waals surface area (Å²) in [6.45, 7) is -0.989. The van der Waals surface area contributed by atoms with Gasteiger partial charge < -0.3 is 10.0 Å². The van der Waals surface area contributed by atoms with Crippen LogP contribution in [0.15, 0.2) is 12.1 Å². The van der Waals surface area contributed by atoms with E-state index in [-0.39, 0.29) is 6.54 Å². The van der Waals surface area contributed by atoms with Crippen molar-refractivity contribution in [2.75, 3.05) is 13.1 Å². The number of rotatable bonds is 5. The van der Waals surface area contributed by atoms with E-state index in [4.69, 9.17) is 0 Å². The Balaban J connectivity index is 2.62. The van der Waals surface area contributed by atoms with Crippen LogP contribution in [0.5, 0.6) is 0 Å². The van der Waals surface area contributed by atoms with E-state index in [0.717, 1.165) is 7.14 Å². The van der Waals surface area contributed by atoms with Gasteiger partial charge in [-0.15, -0.1) is 6.54 Å². The van der Waals surface area contributed by atoms with E-state index in [2.05, 4.69) is 32.6 Å². The summed E-state index contributed by atoms with van der Waals surface area (Å²) in [4.78, 5) is 12.0. The molecule has 0 aliphatic heterocycles. The zero-order valence-electron chi connectivity index (χ0n) is 10.4. The van der Waals surface area contributed by atoms with Gasteiger partial charge in [-0.1, -0.05) is 0 Å². The molecule has 12 heteroatoms. The minimum atomic E-state index is -5.51. The van der Waals surface area contributed by atoms with Gasteiger partial charge in [-0.2, -0.15) is 13.2 Å². The third-order valence-corrected chi connectivity index (χ3v) is 6.96. The number of carbonyl (C=O) groups is 1. The summed E-state index contributed by atoms with van der Waals surface area (Å²) >= 11 is 6.07. The molecule has 0 atom stereocenters. The second kappa shape index (κ2) is 8.11. The van der Waals surface area contributed by atoms with Gasteiger partial charge in [0.05, 0.1) is 5.56 Å². The molecule has 5 nitrogen and oxygen atoms in total. The van der Waals surface area contributed by atoms with Crippen molar-refractivity contribution in [2.45, 2.75) is 5.51 Å². The molecule has 0 saturated heterocycles. The first-order valence-corrected chi connectivity index (χ1v) is 10.1. The van der Waals surface area contributed by atoms with Crippen LogP contribution in [0, 0.1) is 10.7 Å². The molecule has 1 amide bonds. The number of carbonyl (C=O) groups excluding carboxylic acids is 1. The minimum absolute atomic E-state index is 0.313. The summed E-state index contributed by atoms with van der Waals surface area (Å²) in [5, 5.41) is 2.34. The van der Waals surface area contributed by atoms with Crippen molar-refractivity contribution in [1.82, 2.24) is 5.32 Å². The Morgan fingerprint density at radius 1 is 1.23 bits per heavy atom. The Morgan fingerprint density at radius 3 is 2.36 bits per heavy atom. The fourth-order valence-corrected chi connectivity index (χ4v) is 4.10. The molecule has 0 fully saturated rings. The van der Waals surface area contributed by atoms with Crippen molar-refractivity contribution >= 4 is 83.7 Å². The van der Waals surface area contributed by atoms with E-state index in [9.17, 15) is 26.4 Å². The minimum Gasteiger partial charge on any atom is -0.540 e. The second-order valence-corrected chi connectivity index (χ2v) is 8.94. The predicted octanol–water partition coefficient (Wildman–Crippen LogP) is 3.45. The highest BCUT2D eigenvalue weighted by molar-refractivity contribution is 14.1. The zero-order chi connectivity index (χ0) is 17.1. The molecular formula is C10H7F3I3N2O3S-. The maximum Gasteiger partial charge on any atom is 0.480 e. The number of sulfonamides is 1. The van der Waals surface area contributed by atoms with Gasteiger partial charge in [0.1, 0.15) is 0 Å². The quantitative estimate of drug-likeness (QED) is 0.296. The first-order valence-electron chi connectivity index (χ1n) is 5.38. The van der Waals surface area contributed by atoms with E-state index in [1.807, 2.05) is 51.2 Å². The lowest BCUT2D eigenvalue weighted by Crippen LogP contribution is -2.29. The van der Waals surface area contributed by atoms with E-state index in [1.165, 1.54) is 0 Å². The number of nitrogens with zero attached hydrogens (tertiary/aromatic N) is 1. The largest absolute Gasteiger partial charge is 0.540 e. The first kappa shape index (κ1) is 20.6. The number of hydrogen-bond donors (Lipinski definition) is 1. The summed E-state index contributed by atoms with van der Waals surface area (Å²) in [5.41, 5.74) is -5.05. The normalized spacial score (nSPS) is 12.3. The summed E-state index contributed by atoms with van der Waals surface area (Å²) in [6.07, 6.45) is 0. The molecule has 22 heavy (non-hydrogen) atoms. The molecule has 1 aromatic carbocycles. The lowest BCUT2D eigenvalue weighted by Gasteiger charge is -2.21. The maximum absolute atomic E-state index is 12.1. The average Bonchev–Trinajstić information content (AvgIpc) is 2.37. The zero-order valence-corrected chi connectivity index (χ0v) is 17.7. The summed E-state index contributed by atoms with van der Waals surface area (Å²) in [7, 11) is -5.51. The molecule has 0 unspecified atom stereocenters. The highest BCUT2D eigenvalue weighted by Crippen LogP contribution is 2.27. The third-order valence-electron chi connectivity index (χ3n) is 2.19. The monoisotopic (exact) mass is 673 g/mol. The topological polar surface area (TPSA) is 77.3 Å². The number of nitrogens with one attached hydrogen (secondary N) is 1.